The van der Waals surface area contributed by atoms with Crippen LogP contribution in [0, 0.1) is 6.92 Å². The predicted molar refractivity (Wildman–Crippen MR) is 82.3 cm³/mol. The monoisotopic (exact) mass is 347 g/mol. The Hall–Kier alpha value is -0.670. The Labute approximate surface area is 132 Å². The van der Waals surface area contributed by atoms with E-state index in [9.17, 15) is 13.2 Å². The number of hydrogen-bond acceptors (Lipinski definition) is 7. The molecule has 0 spiro atoms. The molecular weight excluding hydrogens is 330 g/mol. The molecule has 1 aliphatic carbocycles. The van der Waals surface area contributed by atoms with E-state index in [-0.39, 0.29) is 29.5 Å². The molecule has 1 aliphatic heterocycles. The Kier molecular flexibility index (Phi) is 4.24. The van der Waals surface area contributed by atoms with E-state index < -0.39 is 9.84 Å². The van der Waals surface area contributed by atoms with Crippen molar-refractivity contribution in [2.75, 3.05) is 17.3 Å². The minimum Gasteiger partial charge on any atom is -0.335 e. The fourth-order valence-corrected chi connectivity index (χ4v) is 5.98. The third kappa shape index (κ3) is 3.75. The highest BCUT2D eigenvalue weighted by Crippen LogP contribution is 2.33. The van der Waals surface area contributed by atoms with E-state index in [1.807, 2.05) is 11.8 Å². The zero-order valence-electron chi connectivity index (χ0n) is 11.7. The van der Waals surface area contributed by atoms with E-state index in [0.717, 1.165) is 22.2 Å². The molecule has 1 saturated heterocycles. The first-order chi connectivity index (χ1) is 9.94. The molecule has 1 amide bonds. The Morgan fingerprint density at radius 3 is 2.62 bits per heavy atom. The van der Waals surface area contributed by atoms with Gasteiger partial charge in [0.25, 0.3) is 0 Å². The Bertz CT molecular complexity index is 639. The Morgan fingerprint density at radius 2 is 2.10 bits per heavy atom. The van der Waals surface area contributed by atoms with Crippen molar-refractivity contribution in [2.45, 2.75) is 42.6 Å². The summed E-state index contributed by atoms with van der Waals surface area (Å²) in [5.74, 6) is 0.661. The number of hydrogen-bond donors (Lipinski definition) is 0. The first kappa shape index (κ1) is 15.2. The molecule has 9 heteroatoms. The van der Waals surface area contributed by atoms with Crippen LogP contribution in [0.5, 0.6) is 0 Å². The maximum absolute atomic E-state index is 12.5. The first-order valence-corrected chi connectivity index (χ1v) is 10.5. The van der Waals surface area contributed by atoms with Crippen LogP contribution < -0.4 is 0 Å². The van der Waals surface area contributed by atoms with Crippen LogP contribution in [0.15, 0.2) is 4.34 Å². The van der Waals surface area contributed by atoms with Crippen molar-refractivity contribution >= 4 is 38.8 Å². The van der Waals surface area contributed by atoms with Gasteiger partial charge in [-0.2, -0.15) is 0 Å². The molecule has 2 fully saturated rings. The fraction of sp³-hybridized carbons (Fsp3) is 0.750. The second kappa shape index (κ2) is 5.85. The summed E-state index contributed by atoms with van der Waals surface area (Å²) in [6.07, 6.45) is 2.56. The minimum absolute atomic E-state index is 0.0254. The van der Waals surface area contributed by atoms with E-state index in [2.05, 4.69) is 10.2 Å². The molecular formula is C12H17N3O3S3. The van der Waals surface area contributed by atoms with Crippen LogP contribution in [0.3, 0.4) is 0 Å². The van der Waals surface area contributed by atoms with E-state index in [1.165, 1.54) is 23.1 Å². The van der Waals surface area contributed by atoms with Crippen molar-refractivity contribution in [1.82, 2.24) is 15.1 Å². The van der Waals surface area contributed by atoms with Gasteiger partial charge in [-0.3, -0.25) is 4.79 Å². The van der Waals surface area contributed by atoms with E-state index >= 15 is 0 Å². The van der Waals surface area contributed by atoms with Gasteiger partial charge in [-0.25, -0.2) is 8.42 Å². The van der Waals surface area contributed by atoms with Gasteiger partial charge in [0, 0.05) is 12.1 Å². The van der Waals surface area contributed by atoms with Crippen LogP contribution in [0.2, 0.25) is 0 Å². The van der Waals surface area contributed by atoms with Crippen molar-refractivity contribution < 1.29 is 13.2 Å². The number of carbonyl (C=O) groups is 1. The van der Waals surface area contributed by atoms with Crippen molar-refractivity contribution in [1.29, 1.82) is 0 Å². The van der Waals surface area contributed by atoms with Gasteiger partial charge < -0.3 is 4.90 Å². The molecule has 116 valence electrons. The number of aryl methyl sites for hydroxylation is 1. The summed E-state index contributed by atoms with van der Waals surface area (Å²) >= 11 is 2.86. The molecule has 6 nitrogen and oxygen atoms in total. The molecule has 3 rings (SSSR count). The standard InChI is InChI=1S/C12H17N3O3S3/c1-8-13-14-12(20-8)19-6-11(16)15(9-2-3-9)10-4-5-21(17,18)7-10/h9-10H,2-7H2,1H3/t10-/m0/s1. The van der Waals surface area contributed by atoms with Crippen LogP contribution in [-0.2, 0) is 14.6 Å². The molecule has 0 bridgehead atoms. The second-order valence-corrected chi connectivity index (χ2v) is 10.1. The van der Waals surface area contributed by atoms with Crippen LogP contribution in [0.25, 0.3) is 0 Å². The zero-order chi connectivity index (χ0) is 15.0. The third-order valence-corrected chi connectivity index (χ3v) is 7.36. The topological polar surface area (TPSA) is 80.2 Å². The predicted octanol–water partition coefficient (Wildman–Crippen LogP) is 1.12. The molecule has 1 aromatic rings. The number of sulfone groups is 1. The number of aromatic nitrogens is 2. The lowest BCUT2D eigenvalue weighted by molar-refractivity contribution is -0.130. The second-order valence-electron chi connectivity index (χ2n) is 5.46. The highest BCUT2D eigenvalue weighted by atomic mass is 32.2. The molecule has 1 atom stereocenters. The van der Waals surface area contributed by atoms with E-state index in [4.69, 9.17) is 0 Å². The smallest absolute Gasteiger partial charge is 0.233 e. The van der Waals surface area contributed by atoms with Gasteiger partial charge in [0.15, 0.2) is 14.2 Å². The van der Waals surface area contributed by atoms with Crippen molar-refractivity contribution in [3.05, 3.63) is 5.01 Å². The summed E-state index contributed by atoms with van der Waals surface area (Å²) < 4.78 is 24.1. The summed E-state index contributed by atoms with van der Waals surface area (Å²) in [5, 5.41) is 8.80. The molecule has 0 unspecified atom stereocenters. The highest BCUT2D eigenvalue weighted by molar-refractivity contribution is 8.01. The van der Waals surface area contributed by atoms with Gasteiger partial charge in [0.2, 0.25) is 5.91 Å². The highest BCUT2D eigenvalue weighted by Gasteiger charge is 2.41. The molecule has 0 aromatic carbocycles. The number of carbonyl (C=O) groups excluding carboxylic acids is 1. The SMILES string of the molecule is Cc1nnc(SCC(=O)N(C2CC2)[C@H]2CCS(=O)(=O)C2)s1. The van der Waals surface area contributed by atoms with Crippen molar-refractivity contribution in [3.63, 3.8) is 0 Å². The summed E-state index contributed by atoms with van der Waals surface area (Å²) in [7, 11) is -2.96. The van der Waals surface area contributed by atoms with E-state index in [0.29, 0.717) is 12.2 Å². The lowest BCUT2D eigenvalue weighted by Crippen LogP contribution is -2.43. The van der Waals surface area contributed by atoms with Gasteiger partial charge in [-0.05, 0) is 26.2 Å². The van der Waals surface area contributed by atoms with Gasteiger partial charge in [0.1, 0.15) is 5.01 Å². The summed E-state index contributed by atoms with van der Waals surface area (Å²) in [5.41, 5.74) is 0. The van der Waals surface area contributed by atoms with Gasteiger partial charge in [-0.1, -0.05) is 23.1 Å². The van der Waals surface area contributed by atoms with Crippen molar-refractivity contribution in [2.24, 2.45) is 0 Å². The van der Waals surface area contributed by atoms with E-state index in [1.54, 1.807) is 0 Å². The average molecular weight is 347 g/mol. The van der Waals surface area contributed by atoms with Crippen LogP contribution in [-0.4, -0.2) is 58.8 Å². The van der Waals surface area contributed by atoms with Gasteiger partial charge >= 0.3 is 0 Å². The number of amides is 1. The quantitative estimate of drug-likeness (QED) is 0.743. The van der Waals surface area contributed by atoms with Crippen LogP contribution in [0.4, 0.5) is 0 Å². The maximum Gasteiger partial charge on any atom is 0.233 e. The molecule has 2 aliphatic rings. The molecule has 2 heterocycles. The van der Waals surface area contributed by atoms with Gasteiger partial charge in [0.05, 0.1) is 17.3 Å². The Balaban J connectivity index is 1.62. The largest absolute Gasteiger partial charge is 0.335 e. The van der Waals surface area contributed by atoms with Gasteiger partial charge in [-0.15, -0.1) is 10.2 Å². The van der Waals surface area contributed by atoms with Crippen LogP contribution >= 0.6 is 23.1 Å². The summed E-state index contributed by atoms with van der Waals surface area (Å²) in [4.78, 5) is 14.3. The van der Waals surface area contributed by atoms with Crippen molar-refractivity contribution in [3.8, 4) is 0 Å². The normalized spacial score (nSPS) is 24.1. The number of rotatable bonds is 5. The van der Waals surface area contributed by atoms with Crippen LogP contribution in [0.1, 0.15) is 24.3 Å². The number of nitrogens with zero attached hydrogens (tertiary/aromatic N) is 3. The third-order valence-electron chi connectivity index (χ3n) is 3.66. The maximum atomic E-state index is 12.5. The molecule has 1 aromatic heterocycles. The first-order valence-electron chi connectivity index (χ1n) is 6.89. The molecule has 1 saturated carbocycles. The molecule has 0 radical (unpaired) electrons. The lowest BCUT2D eigenvalue weighted by Gasteiger charge is -2.28. The molecule has 21 heavy (non-hydrogen) atoms. The number of thioether (sulfide) groups is 1. The molecule has 0 N–H and O–H groups in total. The fourth-order valence-electron chi connectivity index (χ4n) is 2.59. The summed E-state index contributed by atoms with van der Waals surface area (Å²) in [6.45, 7) is 1.88. The lowest BCUT2D eigenvalue weighted by atomic mass is 10.2. The average Bonchev–Trinajstić information content (AvgIpc) is 3.05. The zero-order valence-corrected chi connectivity index (χ0v) is 14.1. The Morgan fingerprint density at radius 1 is 1.33 bits per heavy atom. The summed E-state index contributed by atoms with van der Waals surface area (Å²) in [6, 6.07) is 0.110. The minimum atomic E-state index is -2.96.